The zero-order valence-corrected chi connectivity index (χ0v) is 13.9. The van der Waals surface area contributed by atoms with E-state index in [4.69, 9.17) is 9.47 Å². The molecule has 0 aromatic heterocycles. The van der Waals surface area contributed by atoms with Gasteiger partial charge in [0.15, 0.2) is 0 Å². The van der Waals surface area contributed by atoms with Crippen LogP contribution in [0.15, 0.2) is 60.7 Å². The maximum atomic E-state index is 14.1. The molecule has 2 aromatic carbocycles. The van der Waals surface area contributed by atoms with E-state index in [0.717, 1.165) is 5.56 Å². The molecule has 0 amide bonds. The molecule has 0 saturated carbocycles. The van der Waals surface area contributed by atoms with E-state index in [0.29, 0.717) is 19.6 Å². The third kappa shape index (κ3) is 4.40. The average Bonchev–Trinajstić information content (AvgIpc) is 2.89. The first-order valence-electron chi connectivity index (χ1n) is 7.44. The minimum absolute atomic E-state index is 0.00947. The predicted molar refractivity (Wildman–Crippen MR) is 86.1 cm³/mol. The molecule has 0 bridgehead atoms. The average molecular weight is 365 g/mol. The fraction of sp³-hybridized carbons (Fsp3) is 0.333. The molecular formula is C18H19FO2Se. The van der Waals surface area contributed by atoms with Crippen molar-refractivity contribution in [2.75, 3.05) is 6.61 Å². The van der Waals surface area contributed by atoms with Crippen LogP contribution in [0.2, 0.25) is 0 Å². The van der Waals surface area contributed by atoms with E-state index in [-0.39, 0.29) is 20.0 Å². The SMILES string of the molecule is F[C@H]1C[C@@H]([Se]c2ccccc2)O[C@@H]1COCc1ccccc1. The normalized spacial score (nSPS) is 24.5. The second kappa shape index (κ2) is 7.89. The van der Waals surface area contributed by atoms with E-state index < -0.39 is 12.3 Å². The first kappa shape index (κ1) is 15.7. The third-order valence-electron chi connectivity index (χ3n) is 3.55. The van der Waals surface area contributed by atoms with Gasteiger partial charge in [-0.15, -0.1) is 0 Å². The monoisotopic (exact) mass is 366 g/mol. The molecule has 4 heteroatoms. The van der Waals surface area contributed by atoms with Crippen molar-refractivity contribution < 1.29 is 13.9 Å². The number of hydrogen-bond acceptors (Lipinski definition) is 2. The second-order valence-electron chi connectivity index (χ2n) is 5.29. The van der Waals surface area contributed by atoms with Crippen molar-refractivity contribution in [3.8, 4) is 0 Å². The first-order valence-corrected chi connectivity index (χ1v) is 9.29. The molecule has 0 spiro atoms. The van der Waals surface area contributed by atoms with Gasteiger partial charge in [-0.25, -0.2) is 0 Å². The Kier molecular flexibility index (Phi) is 5.63. The summed E-state index contributed by atoms with van der Waals surface area (Å²) in [5.41, 5.74) is 1.10. The molecular weight excluding hydrogens is 346 g/mol. The van der Waals surface area contributed by atoms with Gasteiger partial charge in [-0.1, -0.05) is 0 Å². The van der Waals surface area contributed by atoms with E-state index >= 15 is 0 Å². The van der Waals surface area contributed by atoms with Crippen molar-refractivity contribution in [1.82, 2.24) is 0 Å². The predicted octanol–water partition coefficient (Wildman–Crippen LogP) is 2.69. The van der Waals surface area contributed by atoms with Crippen molar-refractivity contribution in [2.45, 2.75) is 30.3 Å². The van der Waals surface area contributed by atoms with Crippen LogP contribution in [-0.2, 0) is 16.1 Å². The molecule has 3 rings (SSSR count). The number of halogens is 1. The molecule has 22 heavy (non-hydrogen) atoms. The van der Waals surface area contributed by atoms with E-state index in [2.05, 4.69) is 12.1 Å². The zero-order chi connectivity index (χ0) is 15.2. The van der Waals surface area contributed by atoms with E-state index in [1.807, 2.05) is 48.5 Å². The molecule has 2 nitrogen and oxygen atoms in total. The minimum atomic E-state index is -0.925. The van der Waals surface area contributed by atoms with Gasteiger partial charge in [-0.3, -0.25) is 0 Å². The van der Waals surface area contributed by atoms with Gasteiger partial charge in [0.2, 0.25) is 0 Å². The summed E-state index contributed by atoms with van der Waals surface area (Å²) < 4.78 is 26.8. The van der Waals surface area contributed by atoms with E-state index in [9.17, 15) is 4.39 Å². The summed E-state index contributed by atoms with van der Waals surface area (Å²) in [6.07, 6.45) is -0.875. The summed E-state index contributed by atoms with van der Waals surface area (Å²) in [5, 5.41) is 0.00947. The maximum absolute atomic E-state index is 14.1. The van der Waals surface area contributed by atoms with Crippen molar-refractivity contribution in [3.05, 3.63) is 66.2 Å². The van der Waals surface area contributed by atoms with Gasteiger partial charge < -0.3 is 0 Å². The second-order valence-corrected chi connectivity index (χ2v) is 7.87. The summed E-state index contributed by atoms with van der Waals surface area (Å²) in [7, 11) is 0. The van der Waals surface area contributed by atoms with Crippen LogP contribution in [0.1, 0.15) is 12.0 Å². The topological polar surface area (TPSA) is 18.5 Å². The van der Waals surface area contributed by atoms with Crippen molar-refractivity contribution >= 4 is 19.4 Å². The van der Waals surface area contributed by atoms with Gasteiger partial charge in [0.25, 0.3) is 0 Å². The molecule has 1 aliphatic heterocycles. The zero-order valence-electron chi connectivity index (χ0n) is 12.2. The van der Waals surface area contributed by atoms with Crippen LogP contribution in [0, 0.1) is 0 Å². The number of ether oxygens (including phenoxy) is 2. The van der Waals surface area contributed by atoms with Gasteiger partial charge in [0.05, 0.1) is 0 Å². The van der Waals surface area contributed by atoms with Gasteiger partial charge in [-0.2, -0.15) is 0 Å². The van der Waals surface area contributed by atoms with E-state index in [1.54, 1.807) is 0 Å². The number of rotatable bonds is 6. The molecule has 116 valence electrons. The van der Waals surface area contributed by atoms with Crippen LogP contribution in [-0.4, -0.2) is 38.8 Å². The fourth-order valence-corrected chi connectivity index (χ4v) is 4.71. The van der Waals surface area contributed by atoms with Gasteiger partial charge in [0, 0.05) is 0 Å². The van der Waals surface area contributed by atoms with E-state index in [1.165, 1.54) is 4.46 Å². The molecule has 1 fully saturated rings. The van der Waals surface area contributed by atoms with Crippen LogP contribution in [0.25, 0.3) is 0 Å². The Morgan fingerprint density at radius 1 is 1.05 bits per heavy atom. The Hall–Kier alpha value is -1.19. The number of benzene rings is 2. The van der Waals surface area contributed by atoms with Crippen molar-refractivity contribution in [3.63, 3.8) is 0 Å². The van der Waals surface area contributed by atoms with Gasteiger partial charge in [-0.05, 0) is 0 Å². The molecule has 0 aliphatic carbocycles. The Bertz CT molecular complexity index is 564. The molecule has 0 radical (unpaired) electrons. The summed E-state index contributed by atoms with van der Waals surface area (Å²) in [6.45, 7) is 0.819. The molecule has 0 N–H and O–H groups in total. The van der Waals surface area contributed by atoms with Crippen LogP contribution in [0.3, 0.4) is 0 Å². The van der Waals surface area contributed by atoms with Crippen molar-refractivity contribution in [2.24, 2.45) is 0 Å². The van der Waals surface area contributed by atoms with Crippen molar-refractivity contribution in [1.29, 1.82) is 0 Å². The van der Waals surface area contributed by atoms with Crippen LogP contribution < -0.4 is 4.46 Å². The van der Waals surface area contributed by atoms with Crippen LogP contribution >= 0.6 is 0 Å². The Morgan fingerprint density at radius 2 is 1.73 bits per heavy atom. The quantitative estimate of drug-likeness (QED) is 0.733. The Balaban J connectivity index is 1.45. The first-order chi connectivity index (χ1) is 10.8. The van der Waals surface area contributed by atoms with Crippen LogP contribution in [0.4, 0.5) is 4.39 Å². The van der Waals surface area contributed by atoms with Crippen LogP contribution in [0.5, 0.6) is 0 Å². The summed E-state index contributed by atoms with van der Waals surface area (Å²) >= 11 is 0.153. The molecule has 1 aliphatic rings. The summed E-state index contributed by atoms with van der Waals surface area (Å²) in [5.74, 6) is 0. The van der Waals surface area contributed by atoms with Gasteiger partial charge in [0.1, 0.15) is 0 Å². The summed E-state index contributed by atoms with van der Waals surface area (Å²) in [4.78, 5) is 0. The number of alkyl halides is 1. The standard InChI is InChI=1S/C18H19FO2Se/c19-16-11-18(22-15-9-5-2-6-10-15)21-17(16)13-20-12-14-7-3-1-4-8-14/h1-10,16-18H,11-13H2/t16-,17+,18+/m0/s1. The number of hydrogen-bond donors (Lipinski definition) is 0. The summed E-state index contributed by atoms with van der Waals surface area (Å²) in [6, 6.07) is 20.1. The molecule has 2 aromatic rings. The Labute approximate surface area is 136 Å². The van der Waals surface area contributed by atoms with Gasteiger partial charge >= 0.3 is 136 Å². The Morgan fingerprint density at radius 3 is 2.45 bits per heavy atom. The molecule has 0 unspecified atom stereocenters. The molecule has 1 heterocycles. The third-order valence-corrected chi connectivity index (χ3v) is 5.88. The molecule has 1 saturated heterocycles. The molecule has 3 atom stereocenters. The fourth-order valence-electron chi connectivity index (χ4n) is 2.41.